The number of nitrogens with zero attached hydrogens (tertiary/aromatic N) is 2. The molecule has 10 heteroatoms. The summed E-state index contributed by atoms with van der Waals surface area (Å²) in [6.45, 7) is 3.29. The molecule has 4 aromatic rings. The maximum atomic E-state index is 15.6. The van der Waals surface area contributed by atoms with Crippen molar-refractivity contribution in [3.8, 4) is 5.75 Å². The van der Waals surface area contributed by atoms with Crippen molar-refractivity contribution >= 4 is 22.7 Å². The van der Waals surface area contributed by atoms with Gasteiger partial charge in [0, 0.05) is 66.1 Å². The van der Waals surface area contributed by atoms with Gasteiger partial charge in [-0.05, 0) is 43.0 Å². The minimum atomic E-state index is -1.39. The number of H-pyrrole nitrogens is 1. The number of methoxy groups -OCH3 is 1. The number of amides is 1. The Morgan fingerprint density at radius 1 is 1.11 bits per heavy atom. The van der Waals surface area contributed by atoms with E-state index in [2.05, 4.69) is 34.3 Å². The van der Waals surface area contributed by atoms with Crippen molar-refractivity contribution in [1.82, 2.24) is 14.8 Å². The smallest absolute Gasteiger partial charge is 0.410 e. The van der Waals surface area contributed by atoms with Crippen LogP contribution in [0.5, 0.6) is 5.75 Å². The third-order valence-corrected chi connectivity index (χ3v) is 8.97. The molecule has 0 radical (unpaired) electrons. The second-order valence-electron chi connectivity index (χ2n) is 12.3. The molecule has 244 valence electrons. The molecule has 2 atom stereocenters. The minimum Gasteiger partial charge on any atom is -0.496 e. The van der Waals surface area contributed by atoms with Crippen LogP contribution in [0.25, 0.3) is 10.9 Å². The first kappa shape index (κ1) is 31.8. The molecule has 1 aromatic heterocycles. The molecule has 3 aromatic carbocycles. The molecule has 1 fully saturated rings. The van der Waals surface area contributed by atoms with Crippen LogP contribution in [0.2, 0.25) is 0 Å². The maximum Gasteiger partial charge on any atom is 0.410 e. The lowest BCUT2D eigenvalue weighted by Gasteiger charge is -2.46. The molecule has 2 aliphatic rings. The Kier molecular flexibility index (Phi) is 9.75. The number of anilines is 1. The van der Waals surface area contributed by atoms with Crippen molar-refractivity contribution in [3.05, 3.63) is 95.2 Å². The highest BCUT2D eigenvalue weighted by Crippen LogP contribution is 2.45. The molecular formula is C36H42F2N4O4. The van der Waals surface area contributed by atoms with Gasteiger partial charge in [0.15, 0.2) is 5.67 Å². The number of halogens is 2. The second-order valence-corrected chi connectivity index (χ2v) is 12.3. The van der Waals surface area contributed by atoms with E-state index in [1.54, 1.807) is 7.11 Å². The van der Waals surface area contributed by atoms with Gasteiger partial charge in [-0.15, -0.1) is 0 Å². The molecule has 0 saturated carbocycles. The van der Waals surface area contributed by atoms with Gasteiger partial charge in [-0.2, -0.15) is 0 Å². The molecule has 8 nitrogen and oxygen atoms in total. The van der Waals surface area contributed by atoms with E-state index in [1.807, 2.05) is 60.7 Å². The van der Waals surface area contributed by atoms with Crippen LogP contribution in [0.15, 0.2) is 72.8 Å². The summed E-state index contributed by atoms with van der Waals surface area (Å²) in [6.07, 6.45) is 0.568. The SMILES string of the molecule is COc1cc(NCCN(CCCF)C(=O)OCc2ccccc2)ccc1[C@@H]1c2[nH]c3ccccc3c2C[C@@H](C)N1CC1(F)COC1. The van der Waals surface area contributed by atoms with E-state index >= 15 is 4.39 Å². The predicted molar refractivity (Wildman–Crippen MR) is 175 cm³/mol. The van der Waals surface area contributed by atoms with Crippen LogP contribution in [0.1, 0.15) is 41.8 Å². The monoisotopic (exact) mass is 632 g/mol. The van der Waals surface area contributed by atoms with Gasteiger partial charge in [-0.1, -0.05) is 54.6 Å². The fourth-order valence-electron chi connectivity index (χ4n) is 6.57. The Morgan fingerprint density at radius 2 is 1.89 bits per heavy atom. The van der Waals surface area contributed by atoms with E-state index in [-0.39, 0.29) is 51.4 Å². The Morgan fingerprint density at radius 3 is 2.63 bits per heavy atom. The van der Waals surface area contributed by atoms with Crippen LogP contribution in [-0.4, -0.2) is 85.8 Å². The van der Waals surface area contributed by atoms with Gasteiger partial charge >= 0.3 is 6.09 Å². The van der Waals surface area contributed by atoms with Gasteiger partial charge in [-0.25, -0.2) is 9.18 Å². The number of hydrogen-bond acceptors (Lipinski definition) is 6. The Bertz CT molecular complexity index is 1630. The highest BCUT2D eigenvalue weighted by Gasteiger charge is 2.46. The van der Waals surface area contributed by atoms with Gasteiger partial charge in [0.25, 0.3) is 0 Å². The van der Waals surface area contributed by atoms with Crippen molar-refractivity contribution in [3.63, 3.8) is 0 Å². The molecule has 2 aliphatic heterocycles. The zero-order valence-electron chi connectivity index (χ0n) is 26.4. The highest BCUT2D eigenvalue weighted by atomic mass is 19.1. The summed E-state index contributed by atoms with van der Waals surface area (Å²) in [5, 5.41) is 4.57. The topological polar surface area (TPSA) is 79.1 Å². The average Bonchev–Trinajstić information content (AvgIpc) is 3.43. The number of ether oxygens (including phenoxy) is 3. The van der Waals surface area contributed by atoms with E-state index in [9.17, 15) is 9.18 Å². The third kappa shape index (κ3) is 6.83. The summed E-state index contributed by atoms with van der Waals surface area (Å²) in [5.41, 5.74) is 4.61. The number of para-hydroxylation sites is 1. The molecule has 0 bridgehead atoms. The lowest BCUT2D eigenvalue weighted by atomic mass is 9.86. The molecule has 3 heterocycles. The van der Waals surface area contributed by atoms with E-state index in [4.69, 9.17) is 14.2 Å². The van der Waals surface area contributed by atoms with Crippen molar-refractivity contribution in [2.75, 3.05) is 58.5 Å². The van der Waals surface area contributed by atoms with Crippen molar-refractivity contribution in [2.45, 2.75) is 44.1 Å². The van der Waals surface area contributed by atoms with Crippen LogP contribution in [0.3, 0.4) is 0 Å². The zero-order chi connectivity index (χ0) is 32.1. The standard InChI is InChI=1S/C36H42F2N4O4/c1-25-19-30-28-11-6-7-12-31(28)40-33(30)34(42(25)22-36(38)23-45-24-36)29-14-13-27(20-32(29)44-2)39-16-18-41(17-8-15-37)35(43)46-21-26-9-4-3-5-10-26/h3-7,9-14,20,25,34,39-40H,8,15-19,21-24H2,1-2H3/t25-,34-/m1/s1. The first-order valence-corrected chi connectivity index (χ1v) is 15.9. The number of hydrogen-bond donors (Lipinski definition) is 2. The third-order valence-electron chi connectivity index (χ3n) is 8.97. The molecule has 0 aliphatic carbocycles. The van der Waals surface area contributed by atoms with Gasteiger partial charge in [0.05, 0.1) is 33.0 Å². The number of aromatic nitrogens is 1. The molecule has 6 rings (SSSR count). The summed E-state index contributed by atoms with van der Waals surface area (Å²) in [6, 6.07) is 23.5. The number of carbonyl (C=O) groups excluding carboxylic acids is 1. The minimum absolute atomic E-state index is 0.0874. The first-order chi connectivity index (χ1) is 22.4. The Balaban J connectivity index is 1.20. The fraction of sp³-hybridized carbons (Fsp3) is 0.417. The molecule has 0 unspecified atom stereocenters. The maximum absolute atomic E-state index is 15.6. The van der Waals surface area contributed by atoms with Crippen molar-refractivity contribution in [2.24, 2.45) is 0 Å². The normalized spacial score (nSPS) is 18.9. The molecule has 1 amide bonds. The molecular weight excluding hydrogens is 590 g/mol. The highest BCUT2D eigenvalue weighted by molar-refractivity contribution is 5.85. The first-order valence-electron chi connectivity index (χ1n) is 15.9. The number of alkyl halides is 2. The number of nitrogens with one attached hydrogen (secondary N) is 2. The van der Waals surface area contributed by atoms with Crippen LogP contribution in [0, 0.1) is 0 Å². The molecule has 2 N–H and O–H groups in total. The summed E-state index contributed by atoms with van der Waals surface area (Å²) >= 11 is 0. The summed E-state index contributed by atoms with van der Waals surface area (Å²) in [4.78, 5) is 20.2. The molecule has 0 spiro atoms. The fourth-order valence-corrected chi connectivity index (χ4v) is 6.57. The lowest BCUT2D eigenvalue weighted by Crippen LogP contribution is -2.57. The molecule has 46 heavy (non-hydrogen) atoms. The molecule has 1 saturated heterocycles. The van der Waals surface area contributed by atoms with Gasteiger partial charge < -0.3 is 29.4 Å². The van der Waals surface area contributed by atoms with Crippen LogP contribution < -0.4 is 10.1 Å². The second kappa shape index (κ2) is 14.1. The van der Waals surface area contributed by atoms with Crippen LogP contribution in [0.4, 0.5) is 19.3 Å². The van der Waals surface area contributed by atoms with E-state index in [1.165, 1.54) is 15.8 Å². The van der Waals surface area contributed by atoms with Crippen molar-refractivity contribution < 1.29 is 27.8 Å². The zero-order valence-corrected chi connectivity index (χ0v) is 26.4. The predicted octanol–water partition coefficient (Wildman–Crippen LogP) is 6.66. The van der Waals surface area contributed by atoms with Crippen LogP contribution in [-0.2, 0) is 22.5 Å². The number of fused-ring (bicyclic) bond motifs is 3. The van der Waals surface area contributed by atoms with Gasteiger partial charge in [-0.3, -0.25) is 9.29 Å². The number of benzene rings is 3. The Hall–Kier alpha value is -4.15. The largest absolute Gasteiger partial charge is 0.496 e. The van der Waals surface area contributed by atoms with Gasteiger partial charge in [0.1, 0.15) is 12.4 Å². The summed E-state index contributed by atoms with van der Waals surface area (Å²) < 4.78 is 45.3. The van der Waals surface area contributed by atoms with E-state index in [0.29, 0.717) is 18.8 Å². The van der Waals surface area contributed by atoms with Gasteiger partial charge in [0.2, 0.25) is 0 Å². The van der Waals surface area contributed by atoms with Crippen molar-refractivity contribution in [1.29, 1.82) is 0 Å². The summed E-state index contributed by atoms with van der Waals surface area (Å²) in [7, 11) is 1.64. The quantitative estimate of drug-likeness (QED) is 0.172. The lowest BCUT2D eigenvalue weighted by molar-refractivity contribution is -0.147. The number of carbonyl (C=O) groups is 1. The number of aromatic amines is 1. The summed E-state index contributed by atoms with van der Waals surface area (Å²) in [5.74, 6) is 0.674. The van der Waals surface area contributed by atoms with Crippen LogP contribution >= 0.6 is 0 Å². The number of rotatable bonds is 13. The Labute approximate surface area is 268 Å². The van der Waals surface area contributed by atoms with E-state index in [0.717, 1.165) is 34.4 Å². The van der Waals surface area contributed by atoms with E-state index < -0.39 is 18.4 Å². The average molecular weight is 633 g/mol.